The summed E-state index contributed by atoms with van der Waals surface area (Å²) in [5, 5.41) is 15.7. The quantitative estimate of drug-likeness (QED) is 0.179. The molecule has 62 heavy (non-hydrogen) atoms. The van der Waals surface area contributed by atoms with Gasteiger partial charge in [0.05, 0.1) is 38.1 Å². The van der Waals surface area contributed by atoms with Crippen LogP contribution in [0.15, 0.2) is 146 Å². The summed E-state index contributed by atoms with van der Waals surface area (Å²) in [5.74, 6) is 0. The highest BCUT2D eigenvalue weighted by atomic mass is 16.6. The number of hydrogen-bond donors (Lipinski definition) is 2. The minimum atomic E-state index is -0.273. The zero-order chi connectivity index (χ0) is 44.2. The van der Waals surface area contributed by atoms with Crippen molar-refractivity contribution in [3.05, 3.63) is 146 Å². The maximum Gasteiger partial charge on any atom is 0.107 e. The second-order valence-corrected chi connectivity index (χ2v) is 15.8. The largest absolute Gasteiger partial charge is 0.400 e. The molecule has 366 valence electrons. The van der Waals surface area contributed by atoms with Gasteiger partial charge in [-0.3, -0.25) is 0 Å². The van der Waals surface area contributed by atoms with E-state index in [0.717, 1.165) is 26.7 Å². The Hall–Kier alpha value is -3.40. The molecule has 2 heterocycles. The Bertz CT molecular complexity index is 936. The van der Waals surface area contributed by atoms with Crippen LogP contribution in [0.3, 0.4) is 0 Å². The van der Waals surface area contributed by atoms with Crippen molar-refractivity contribution in [1.29, 1.82) is 0 Å². The fourth-order valence-corrected chi connectivity index (χ4v) is 2.99. The van der Waals surface area contributed by atoms with Gasteiger partial charge in [0, 0.05) is 28.4 Å². The van der Waals surface area contributed by atoms with Crippen molar-refractivity contribution in [3.8, 4) is 0 Å². The van der Waals surface area contributed by atoms with E-state index in [2.05, 4.69) is 60.1 Å². The summed E-state index contributed by atoms with van der Waals surface area (Å²) >= 11 is 0. The molecule has 2 aliphatic rings. The lowest BCUT2D eigenvalue weighted by Gasteiger charge is -2.05. The van der Waals surface area contributed by atoms with Crippen LogP contribution in [0.25, 0.3) is 0 Å². The van der Waals surface area contributed by atoms with Crippen molar-refractivity contribution in [2.24, 2.45) is 10.8 Å². The van der Waals surface area contributed by atoms with Gasteiger partial charge in [-0.25, -0.2) is 0 Å². The van der Waals surface area contributed by atoms with E-state index in [1.807, 2.05) is 166 Å². The number of methoxy groups -OCH3 is 3. The van der Waals surface area contributed by atoms with Gasteiger partial charge in [0.2, 0.25) is 0 Å². The molecule has 0 radical (unpaired) electrons. The van der Waals surface area contributed by atoms with E-state index in [4.69, 9.17) is 29.2 Å². The first-order chi connectivity index (χ1) is 27.0. The molecule has 2 N–H and O–H groups in total. The second-order valence-electron chi connectivity index (χ2n) is 15.8. The molecule has 4 aromatic rings. The van der Waals surface area contributed by atoms with Gasteiger partial charge in [-0.1, -0.05) is 245 Å². The molecule has 0 bridgehead atoms. The van der Waals surface area contributed by atoms with Crippen molar-refractivity contribution in [2.45, 2.75) is 150 Å². The molecule has 0 aliphatic carbocycles. The number of benzene rings is 4. The highest BCUT2D eigenvalue weighted by Gasteiger charge is 2.34. The number of hydrogen-bond acceptors (Lipinski definition) is 7. The van der Waals surface area contributed by atoms with Crippen LogP contribution >= 0.6 is 0 Å². The molecule has 0 saturated carbocycles. The Balaban J connectivity index is -0.0000000719. The van der Waals surface area contributed by atoms with E-state index in [1.165, 1.54) is 0 Å². The van der Waals surface area contributed by atoms with E-state index in [0.29, 0.717) is 41.9 Å². The van der Waals surface area contributed by atoms with E-state index < -0.39 is 0 Å². The fourth-order valence-electron chi connectivity index (χ4n) is 2.99. The van der Waals surface area contributed by atoms with Crippen LogP contribution in [-0.2, 0) is 23.7 Å². The number of rotatable bonds is 7. The van der Waals surface area contributed by atoms with Crippen molar-refractivity contribution < 1.29 is 33.9 Å². The van der Waals surface area contributed by atoms with Crippen molar-refractivity contribution in [2.75, 3.05) is 48.3 Å². The lowest BCUT2D eigenvalue weighted by Crippen LogP contribution is -2.11. The highest BCUT2D eigenvalue weighted by molar-refractivity contribution is 5.01. The number of epoxide rings is 2. The first-order valence-electron chi connectivity index (χ1n) is 19.9. The third kappa shape index (κ3) is 92.0. The molecule has 7 heteroatoms. The molecular weight excluding hydrogens is 773 g/mol. The Morgan fingerprint density at radius 2 is 0.565 bits per heavy atom. The smallest absolute Gasteiger partial charge is 0.107 e. The Morgan fingerprint density at radius 1 is 0.419 bits per heavy atom. The van der Waals surface area contributed by atoms with E-state index in [9.17, 15) is 0 Å². The minimum Gasteiger partial charge on any atom is -0.400 e. The molecule has 0 spiro atoms. The van der Waals surface area contributed by atoms with Crippen LogP contribution in [0.2, 0.25) is 0 Å². The van der Waals surface area contributed by atoms with Gasteiger partial charge in [0.15, 0.2) is 0 Å². The lowest BCUT2D eigenvalue weighted by molar-refractivity contribution is 0.0625. The van der Waals surface area contributed by atoms with Crippen molar-refractivity contribution >= 4 is 0 Å². The van der Waals surface area contributed by atoms with Crippen LogP contribution in [0.4, 0.5) is 0 Å². The van der Waals surface area contributed by atoms with Crippen LogP contribution < -0.4 is 0 Å². The normalized spacial score (nSPS) is 15.4. The summed E-state index contributed by atoms with van der Waals surface area (Å²) < 4.78 is 24.3. The third-order valence-corrected chi connectivity index (χ3v) is 5.83. The lowest BCUT2D eigenvalue weighted by atomic mass is 10.0. The van der Waals surface area contributed by atoms with E-state index in [-0.39, 0.29) is 43.2 Å². The maximum absolute atomic E-state index is 8.73. The van der Waals surface area contributed by atoms with Gasteiger partial charge in [0.1, 0.15) is 12.2 Å². The van der Waals surface area contributed by atoms with Gasteiger partial charge in [0.25, 0.3) is 0 Å². The zero-order valence-electron chi connectivity index (χ0n) is 38.5. The van der Waals surface area contributed by atoms with Gasteiger partial charge >= 0.3 is 0 Å². The molecule has 6 rings (SSSR count). The first-order valence-corrected chi connectivity index (χ1v) is 19.9. The summed E-state index contributed by atoms with van der Waals surface area (Å²) in [5.41, 5.74) is 1.00. The SMILES string of the molecule is C.C.C.C.C.CC(C)(C)C.CC(C)(C)C.CCC(O)COC.CO.COCC1OC1C.COCC1OC1C.c1ccccc1.c1ccccc1.c1ccccc1.c1ccccc1. The Morgan fingerprint density at radius 3 is 0.613 bits per heavy atom. The molecule has 0 aromatic heterocycles. The van der Waals surface area contributed by atoms with Crippen molar-refractivity contribution in [1.82, 2.24) is 0 Å². The molecule has 5 unspecified atom stereocenters. The Labute approximate surface area is 387 Å². The van der Waals surface area contributed by atoms with Crippen LogP contribution in [0.1, 0.15) is 120 Å². The summed E-state index contributed by atoms with van der Waals surface area (Å²) in [6.45, 7) is 25.5. The third-order valence-electron chi connectivity index (χ3n) is 5.83. The van der Waals surface area contributed by atoms with Crippen molar-refractivity contribution in [3.63, 3.8) is 0 Å². The van der Waals surface area contributed by atoms with E-state index in [1.54, 1.807) is 21.3 Å². The Kier molecular flexibility index (Phi) is 73.4. The fraction of sp³-hybridized carbons (Fsp3) is 0.564. The van der Waals surface area contributed by atoms with Gasteiger partial charge in [-0.15, -0.1) is 0 Å². The molecule has 4 aromatic carbocycles. The summed E-state index contributed by atoms with van der Waals surface area (Å²) in [7, 11) is 5.96. The predicted octanol–water partition coefficient (Wildman–Crippen LogP) is 14.9. The highest BCUT2D eigenvalue weighted by Crippen LogP contribution is 2.20. The van der Waals surface area contributed by atoms with Crippen LogP contribution in [0, 0.1) is 10.8 Å². The molecular formula is C55H104O7. The van der Waals surface area contributed by atoms with Crippen LogP contribution in [0.5, 0.6) is 0 Å². The minimum absolute atomic E-state index is 0. The summed E-state index contributed by atoms with van der Waals surface area (Å²) in [6.07, 6.45) is 2.17. The molecule has 5 atom stereocenters. The zero-order valence-corrected chi connectivity index (χ0v) is 38.5. The number of aliphatic hydroxyl groups excluding tert-OH is 2. The summed E-state index contributed by atoms with van der Waals surface area (Å²) in [4.78, 5) is 0. The maximum atomic E-state index is 8.73. The first kappa shape index (κ1) is 79.0. The second kappa shape index (κ2) is 57.6. The van der Waals surface area contributed by atoms with Gasteiger partial charge in [-0.2, -0.15) is 0 Å². The van der Waals surface area contributed by atoms with E-state index >= 15 is 0 Å². The van der Waals surface area contributed by atoms with Crippen LogP contribution in [-0.4, -0.2) is 89.0 Å². The summed E-state index contributed by atoms with van der Waals surface area (Å²) in [6, 6.07) is 48.0. The predicted molar refractivity (Wildman–Crippen MR) is 278 cm³/mol. The topological polar surface area (TPSA) is 93.2 Å². The van der Waals surface area contributed by atoms with Gasteiger partial charge < -0.3 is 33.9 Å². The standard InChI is InChI=1S/4C6H6.2C5H10O2.C5H12O2.2C5H12.CH4O.5CH4/c4*1-2-4-6-5-3-1;2*1-4-5(7-4)3-6-2;1-3-5(6)4-7-2;2*1-5(2,3)4;1-2;;;;;/h4*1-6H;2*4-5H,3H2,1-2H3;5-6H,3-4H2,1-2H3;2*1-4H3;2H,1H3;5*1H4. The average Bonchev–Trinajstić information content (AvgIpc) is 4.12. The monoisotopic (exact) mass is 877 g/mol. The molecule has 0 amide bonds. The molecule has 2 saturated heterocycles. The molecule has 2 aliphatic heterocycles. The average molecular weight is 877 g/mol. The molecule has 2 fully saturated rings. The number of aliphatic hydroxyl groups is 2. The number of ether oxygens (including phenoxy) is 5. The molecule has 7 nitrogen and oxygen atoms in total. The van der Waals surface area contributed by atoms with Gasteiger partial charge in [-0.05, 0) is 31.1 Å².